The lowest BCUT2D eigenvalue weighted by atomic mass is 9.95. The Labute approximate surface area is 368 Å². The van der Waals surface area contributed by atoms with Crippen LogP contribution in [0.25, 0.3) is 53.2 Å². The number of carbonyl (C=O) groups is 1. The fourth-order valence-electron chi connectivity index (χ4n) is 7.93. The number of fused-ring (bicyclic) bond motifs is 8. The highest BCUT2D eigenvalue weighted by Crippen LogP contribution is 2.50. The first-order valence-corrected chi connectivity index (χ1v) is 21.3. The maximum absolute atomic E-state index is 15.3. The number of piperazine rings is 1. The van der Waals surface area contributed by atoms with E-state index in [1.165, 1.54) is 17.7 Å². The molecule has 3 aromatic heterocycles. The number of nitrogens with two attached hydrogens (primary N) is 1. The van der Waals surface area contributed by atoms with E-state index in [9.17, 15) is 9.90 Å². The zero-order valence-electron chi connectivity index (χ0n) is 34.1. The van der Waals surface area contributed by atoms with Gasteiger partial charge in [0, 0.05) is 71.6 Å². The summed E-state index contributed by atoms with van der Waals surface area (Å²) in [6.07, 6.45) is 1.34. The van der Waals surface area contributed by atoms with E-state index in [2.05, 4.69) is 36.8 Å². The molecule has 0 bridgehead atoms. The minimum atomic E-state index is -1.45. The van der Waals surface area contributed by atoms with Crippen LogP contribution in [-0.4, -0.2) is 100 Å². The molecule has 0 unspecified atom stereocenters. The van der Waals surface area contributed by atoms with Crippen LogP contribution >= 0.6 is 22.9 Å². The molecule has 1 fully saturated rings. The number of carboxylic acid groups (broad SMARTS) is 1. The second kappa shape index (κ2) is 17.7. The van der Waals surface area contributed by atoms with Gasteiger partial charge >= 0.3 is 5.97 Å². The number of aliphatic carboxylic acids is 1. The van der Waals surface area contributed by atoms with E-state index in [0.29, 0.717) is 83.9 Å². The van der Waals surface area contributed by atoms with E-state index in [4.69, 9.17) is 36.3 Å². The number of nitrogens with zero attached hydrogens (tertiary/aromatic N) is 6. The van der Waals surface area contributed by atoms with Crippen molar-refractivity contribution in [3.05, 3.63) is 113 Å². The van der Waals surface area contributed by atoms with Gasteiger partial charge in [0.15, 0.2) is 17.5 Å². The van der Waals surface area contributed by atoms with E-state index in [-0.39, 0.29) is 29.3 Å². The number of anilines is 1. The molecule has 13 nitrogen and oxygen atoms in total. The van der Waals surface area contributed by atoms with Crippen molar-refractivity contribution in [3.8, 4) is 34.5 Å². The first kappa shape index (κ1) is 41.9. The van der Waals surface area contributed by atoms with Crippen LogP contribution in [0, 0.1) is 11.6 Å². The molecule has 1 saturated heterocycles. The highest BCUT2D eigenvalue weighted by Gasteiger charge is 2.28. The smallest absolute Gasteiger partial charge is 0.345 e. The van der Waals surface area contributed by atoms with E-state index in [1.54, 1.807) is 55.8 Å². The molecule has 17 heteroatoms. The van der Waals surface area contributed by atoms with Crippen molar-refractivity contribution in [2.24, 2.45) is 0 Å². The van der Waals surface area contributed by atoms with Gasteiger partial charge in [-0.1, -0.05) is 41.9 Å². The Kier molecular flexibility index (Phi) is 11.8. The molecule has 63 heavy (non-hydrogen) atoms. The molecule has 1 atom stereocenters. The summed E-state index contributed by atoms with van der Waals surface area (Å²) < 4.78 is 55.3. The van der Waals surface area contributed by atoms with Gasteiger partial charge in [0.05, 0.1) is 34.5 Å². The molecule has 0 radical (unpaired) electrons. The molecule has 0 amide bonds. The van der Waals surface area contributed by atoms with Crippen molar-refractivity contribution in [3.63, 3.8) is 0 Å². The van der Waals surface area contributed by atoms with E-state index >= 15 is 8.78 Å². The van der Waals surface area contributed by atoms with Crippen LogP contribution in [-0.2, 0) is 17.8 Å². The van der Waals surface area contributed by atoms with Crippen molar-refractivity contribution in [2.45, 2.75) is 19.1 Å². The van der Waals surface area contributed by atoms with Crippen LogP contribution in [0.5, 0.6) is 23.1 Å². The summed E-state index contributed by atoms with van der Waals surface area (Å²) in [5, 5.41) is 13.0. The van der Waals surface area contributed by atoms with Gasteiger partial charge in [0.2, 0.25) is 12.0 Å². The van der Waals surface area contributed by atoms with Crippen LogP contribution in [0.15, 0.2) is 85.3 Å². The number of para-hydroxylation sites is 2. The van der Waals surface area contributed by atoms with Crippen LogP contribution in [0.4, 0.5) is 14.5 Å². The predicted molar refractivity (Wildman–Crippen MR) is 239 cm³/mol. The molecule has 5 aromatic carbocycles. The molecule has 9 rings (SSSR count). The molecule has 0 aliphatic carbocycles. The summed E-state index contributed by atoms with van der Waals surface area (Å²) in [5.74, 6) is -1.75. The summed E-state index contributed by atoms with van der Waals surface area (Å²) in [5.41, 5.74) is 7.81. The number of thiophene rings is 1. The third-order valence-corrected chi connectivity index (χ3v) is 12.7. The molecule has 4 heterocycles. The first-order chi connectivity index (χ1) is 30.6. The fourth-order valence-corrected chi connectivity index (χ4v) is 9.41. The quantitative estimate of drug-likeness (QED) is 0.0793. The highest BCUT2D eigenvalue weighted by molar-refractivity contribution is 7.26. The van der Waals surface area contributed by atoms with Crippen molar-refractivity contribution in [2.75, 3.05) is 59.2 Å². The molecule has 1 aliphatic rings. The largest absolute Gasteiger partial charge is 0.496 e. The van der Waals surface area contributed by atoms with Crippen molar-refractivity contribution < 1.29 is 37.6 Å². The molecular weight excluding hydrogens is 852 g/mol. The molecule has 1 aliphatic heterocycles. The number of aromatic nitrogens is 4. The second-order valence-corrected chi connectivity index (χ2v) is 16.5. The molecule has 8 aromatic rings. The van der Waals surface area contributed by atoms with E-state index in [0.717, 1.165) is 37.8 Å². The lowest BCUT2D eigenvalue weighted by molar-refractivity contribution is -0.145. The van der Waals surface area contributed by atoms with Gasteiger partial charge in [-0.2, -0.15) is 0 Å². The molecule has 0 spiro atoms. The van der Waals surface area contributed by atoms with Crippen LogP contribution in [0.2, 0.25) is 5.02 Å². The fraction of sp³-hybridized carbons (Fsp3) is 0.239. The first-order valence-electron chi connectivity index (χ1n) is 20.1. The summed E-state index contributed by atoms with van der Waals surface area (Å²) in [4.78, 5) is 36.0. The monoisotopic (exact) mass is 891 g/mol. The van der Waals surface area contributed by atoms with Gasteiger partial charge in [-0.05, 0) is 60.5 Å². The Balaban J connectivity index is 1.05. The Morgan fingerprint density at radius 2 is 1.68 bits per heavy atom. The molecule has 322 valence electrons. The maximum Gasteiger partial charge on any atom is 0.345 e. The van der Waals surface area contributed by atoms with Crippen molar-refractivity contribution >= 4 is 76.4 Å². The van der Waals surface area contributed by atoms with Crippen LogP contribution < -0.4 is 24.7 Å². The Hall–Kier alpha value is -6.46. The number of hydrogen-bond acceptors (Lipinski definition) is 13. The number of benzene rings is 5. The number of hydrogen-bond donors (Lipinski definition) is 2. The van der Waals surface area contributed by atoms with Crippen LogP contribution in [0.1, 0.15) is 11.3 Å². The van der Waals surface area contributed by atoms with E-state index < -0.39 is 29.4 Å². The maximum atomic E-state index is 15.3. The van der Waals surface area contributed by atoms with Gasteiger partial charge < -0.3 is 34.7 Å². The Morgan fingerprint density at radius 3 is 2.48 bits per heavy atom. The number of ether oxygens (including phenoxy) is 4. The summed E-state index contributed by atoms with van der Waals surface area (Å²) >= 11 is 8.34. The average molecular weight is 892 g/mol. The van der Waals surface area contributed by atoms with Gasteiger partial charge in [-0.15, -0.1) is 11.3 Å². The van der Waals surface area contributed by atoms with Crippen LogP contribution in [0.3, 0.4) is 0 Å². The van der Waals surface area contributed by atoms with E-state index in [1.807, 2.05) is 24.3 Å². The third-order valence-electron chi connectivity index (χ3n) is 11.2. The number of rotatable bonds is 14. The van der Waals surface area contributed by atoms with Crippen molar-refractivity contribution in [1.29, 1.82) is 0 Å². The lowest BCUT2D eigenvalue weighted by Crippen LogP contribution is -2.45. The summed E-state index contributed by atoms with van der Waals surface area (Å²) in [6, 6.07) is 20.8. The van der Waals surface area contributed by atoms with Crippen molar-refractivity contribution in [1.82, 2.24) is 29.7 Å². The molecule has 0 saturated carbocycles. The molecule has 3 N–H and O–H groups in total. The number of halogens is 3. The minimum Gasteiger partial charge on any atom is -0.496 e. The van der Waals surface area contributed by atoms with Gasteiger partial charge in [0.1, 0.15) is 41.6 Å². The predicted octanol–water partition coefficient (Wildman–Crippen LogP) is 8.41. The zero-order chi connectivity index (χ0) is 43.8. The highest BCUT2D eigenvalue weighted by atomic mass is 35.5. The number of likely N-dealkylation sites (N-methyl/N-ethyl adjacent to an activating group) is 1. The average Bonchev–Trinajstić information content (AvgIpc) is 3.70. The number of carboxylic acids is 1. The van der Waals surface area contributed by atoms with Gasteiger partial charge in [-0.25, -0.2) is 33.5 Å². The third kappa shape index (κ3) is 8.18. The second-order valence-electron chi connectivity index (χ2n) is 15.1. The topological polar surface area (TPSA) is 158 Å². The summed E-state index contributed by atoms with van der Waals surface area (Å²) in [7, 11) is 3.67. The standard InChI is InChI=1S/C46H40ClF2N7O6S/c1-55-15-17-56(18-16-55)19-20-60-33-12-11-28-35(39(33)47)36-29(22-30(48)40(49)41(36)50)42-37(28)38-44(52-24-53-45(38)63-42)62-34(46(57)58)21-25-7-3-5-9-31(25)61-23-26-13-14-51-43(54-26)27-8-4-6-10-32(27)59-2/h3-14,22,24,34H,15-21,23,50H2,1-2H3,(H,57,58)/t34-/m1/s1. The lowest BCUT2D eigenvalue weighted by Gasteiger charge is -2.32. The SMILES string of the molecule is COc1ccccc1-c1nccc(COc2ccccc2C[C@@H](Oc2ncnc3sc4c5cc(F)c(F)c(N)c5c5c(Cl)c(OCCN6CCN(C)CC6)ccc5c4c23)C(=O)O)n1. The zero-order valence-corrected chi connectivity index (χ0v) is 35.7. The Bertz CT molecular complexity index is 3040. The van der Waals surface area contributed by atoms with Gasteiger partial charge in [-0.3, -0.25) is 4.90 Å². The number of methoxy groups -OCH3 is 1. The normalized spacial score (nSPS) is 14.1. The Morgan fingerprint density at radius 1 is 0.905 bits per heavy atom. The molecular formula is C46H40ClF2N7O6S. The van der Waals surface area contributed by atoms with Gasteiger partial charge in [0.25, 0.3) is 0 Å². The number of nitrogen functional groups attached to an aromatic ring is 1. The summed E-state index contributed by atoms with van der Waals surface area (Å²) in [6.45, 7) is 4.81. The minimum absolute atomic E-state index is 0.0262.